The van der Waals surface area contributed by atoms with Crippen LogP contribution in [0, 0.1) is 12.7 Å². The number of halogens is 1. The lowest BCUT2D eigenvalue weighted by molar-refractivity contribution is 0.0750. The third-order valence-corrected chi connectivity index (χ3v) is 4.02. The second-order valence-corrected chi connectivity index (χ2v) is 7.04. The van der Waals surface area contributed by atoms with Gasteiger partial charge >= 0.3 is 0 Å². The van der Waals surface area contributed by atoms with E-state index in [2.05, 4.69) is 30.7 Å². The van der Waals surface area contributed by atoms with E-state index in [-0.39, 0.29) is 17.1 Å². The van der Waals surface area contributed by atoms with Crippen LogP contribution in [0.15, 0.2) is 24.4 Å². The Morgan fingerprint density at radius 3 is 2.65 bits per heavy atom. The molecule has 120 valence electrons. The summed E-state index contributed by atoms with van der Waals surface area (Å²) in [6.07, 6.45) is 1.81. The largest absolute Gasteiger partial charge is 0.328 e. The number of rotatable bonds is 1. The predicted molar refractivity (Wildman–Crippen MR) is 85.4 cm³/mol. The van der Waals surface area contributed by atoms with Gasteiger partial charge in [0.05, 0.1) is 12.2 Å². The summed E-state index contributed by atoms with van der Waals surface area (Å²) in [6, 6.07) is 4.45. The zero-order valence-electron chi connectivity index (χ0n) is 13.9. The van der Waals surface area contributed by atoms with Crippen molar-refractivity contribution >= 4 is 5.91 Å². The van der Waals surface area contributed by atoms with Crippen LogP contribution in [0.3, 0.4) is 0 Å². The van der Waals surface area contributed by atoms with Gasteiger partial charge in [-0.2, -0.15) is 0 Å². The summed E-state index contributed by atoms with van der Waals surface area (Å²) in [5.74, 6) is 0.374. The highest BCUT2D eigenvalue weighted by atomic mass is 19.1. The second-order valence-electron chi connectivity index (χ2n) is 7.04. The van der Waals surface area contributed by atoms with Gasteiger partial charge in [0, 0.05) is 29.3 Å². The predicted octanol–water partition coefficient (Wildman–Crippen LogP) is 3.38. The van der Waals surface area contributed by atoms with Crippen molar-refractivity contribution < 1.29 is 9.18 Å². The summed E-state index contributed by atoms with van der Waals surface area (Å²) in [5.41, 5.74) is 2.73. The number of carbonyl (C=O) groups is 1. The lowest BCUT2D eigenvalue weighted by atomic mass is 9.95. The van der Waals surface area contributed by atoms with Gasteiger partial charge in [-0.1, -0.05) is 20.8 Å². The van der Waals surface area contributed by atoms with E-state index in [1.54, 1.807) is 17.9 Å². The number of aryl methyl sites for hydroxylation is 1. The van der Waals surface area contributed by atoms with Crippen molar-refractivity contribution in [2.24, 2.45) is 0 Å². The minimum absolute atomic E-state index is 0.108. The first-order chi connectivity index (χ1) is 10.8. The third kappa shape index (κ3) is 2.96. The smallest absolute Gasteiger partial charge is 0.254 e. The Balaban J connectivity index is 1.84. The molecule has 1 aliphatic rings. The van der Waals surface area contributed by atoms with Gasteiger partial charge in [-0.15, -0.1) is 0 Å². The van der Waals surface area contributed by atoms with E-state index in [0.717, 1.165) is 17.1 Å². The molecule has 2 aromatic rings. The van der Waals surface area contributed by atoms with Crippen LogP contribution in [0.4, 0.5) is 4.39 Å². The molecule has 2 heterocycles. The molecule has 0 radical (unpaired) electrons. The summed E-state index contributed by atoms with van der Waals surface area (Å²) in [7, 11) is 0. The first kappa shape index (κ1) is 15.6. The minimum atomic E-state index is -0.299. The third-order valence-electron chi connectivity index (χ3n) is 4.02. The molecule has 0 fully saturated rings. The highest BCUT2D eigenvalue weighted by molar-refractivity contribution is 5.94. The average Bonchev–Trinajstić information content (AvgIpc) is 2.91. The molecule has 1 aromatic carbocycles. The molecule has 0 unspecified atom stereocenters. The Hall–Kier alpha value is -2.30. The van der Waals surface area contributed by atoms with Crippen molar-refractivity contribution in [1.29, 1.82) is 0 Å². The van der Waals surface area contributed by atoms with Crippen molar-refractivity contribution in [3.63, 3.8) is 0 Å². The molecule has 1 aromatic heterocycles. The highest BCUT2D eigenvalue weighted by Gasteiger charge is 2.28. The number of hydrogen-bond acceptors (Lipinski definition) is 3. The Morgan fingerprint density at radius 2 is 2.00 bits per heavy atom. The molecule has 4 nitrogen and oxygen atoms in total. The maximum atomic E-state index is 13.4. The molecule has 1 amide bonds. The zero-order chi connectivity index (χ0) is 16.8. The number of hydrogen-bond donors (Lipinski definition) is 0. The molecule has 0 bridgehead atoms. The first-order valence-electron chi connectivity index (χ1n) is 7.66. The molecular weight excluding hydrogens is 293 g/mol. The number of amides is 1. The normalized spacial score (nSPS) is 14.0. The summed E-state index contributed by atoms with van der Waals surface area (Å²) in [6.45, 7) is 8.81. The van der Waals surface area contributed by atoms with Crippen molar-refractivity contribution in [2.45, 2.75) is 46.2 Å². The standard InChI is InChI=1S/C18H20FN3O/c1-11-7-12(5-6-14(11)19)16(23)22-9-13-8-20-17(18(2,3)4)21-15(13)10-22/h5-8H,9-10H2,1-4H3. The lowest BCUT2D eigenvalue weighted by Crippen LogP contribution is -2.25. The molecule has 0 atom stereocenters. The Kier molecular flexibility index (Phi) is 3.66. The SMILES string of the molecule is Cc1cc(C(=O)N2Cc3cnc(C(C)(C)C)nc3C2)ccc1F. The van der Waals surface area contributed by atoms with Crippen LogP contribution in [-0.4, -0.2) is 20.8 Å². The zero-order valence-corrected chi connectivity index (χ0v) is 13.9. The van der Waals surface area contributed by atoms with E-state index < -0.39 is 0 Å². The van der Waals surface area contributed by atoms with Crippen LogP contribution >= 0.6 is 0 Å². The fourth-order valence-corrected chi connectivity index (χ4v) is 2.62. The van der Waals surface area contributed by atoms with Gasteiger partial charge in [-0.25, -0.2) is 14.4 Å². The van der Waals surface area contributed by atoms with Crippen LogP contribution in [0.2, 0.25) is 0 Å². The average molecular weight is 313 g/mol. The van der Waals surface area contributed by atoms with E-state index in [0.29, 0.717) is 24.2 Å². The second kappa shape index (κ2) is 5.41. The van der Waals surface area contributed by atoms with Crippen molar-refractivity contribution in [3.8, 4) is 0 Å². The molecule has 0 saturated carbocycles. The van der Waals surface area contributed by atoms with Gasteiger partial charge in [0.25, 0.3) is 5.91 Å². The number of fused-ring (bicyclic) bond motifs is 1. The van der Waals surface area contributed by atoms with E-state index in [9.17, 15) is 9.18 Å². The summed E-state index contributed by atoms with van der Waals surface area (Å²) in [4.78, 5) is 23.4. The van der Waals surface area contributed by atoms with Crippen LogP contribution in [-0.2, 0) is 18.5 Å². The number of aromatic nitrogens is 2. The van der Waals surface area contributed by atoms with E-state index >= 15 is 0 Å². The van der Waals surface area contributed by atoms with Gasteiger partial charge in [0.1, 0.15) is 11.6 Å². The number of nitrogens with zero attached hydrogens (tertiary/aromatic N) is 3. The van der Waals surface area contributed by atoms with Gasteiger partial charge in [0.15, 0.2) is 0 Å². The molecule has 0 spiro atoms. The van der Waals surface area contributed by atoms with Gasteiger partial charge in [-0.3, -0.25) is 4.79 Å². The topological polar surface area (TPSA) is 46.1 Å². The molecular formula is C18H20FN3O. The summed E-state index contributed by atoms with van der Waals surface area (Å²) >= 11 is 0. The quantitative estimate of drug-likeness (QED) is 0.811. The van der Waals surface area contributed by atoms with Crippen LogP contribution in [0.5, 0.6) is 0 Å². The molecule has 0 aliphatic carbocycles. The van der Waals surface area contributed by atoms with Crippen LogP contribution < -0.4 is 0 Å². The molecule has 23 heavy (non-hydrogen) atoms. The van der Waals surface area contributed by atoms with E-state index in [4.69, 9.17) is 0 Å². The number of benzene rings is 1. The minimum Gasteiger partial charge on any atom is -0.328 e. The van der Waals surface area contributed by atoms with E-state index in [1.807, 2.05) is 6.20 Å². The maximum absolute atomic E-state index is 13.4. The summed E-state index contributed by atoms with van der Waals surface area (Å²) < 4.78 is 13.4. The first-order valence-corrected chi connectivity index (χ1v) is 7.66. The fourth-order valence-electron chi connectivity index (χ4n) is 2.62. The van der Waals surface area contributed by atoms with Crippen molar-refractivity contribution in [2.75, 3.05) is 0 Å². The van der Waals surface area contributed by atoms with Crippen LogP contribution in [0.25, 0.3) is 0 Å². The Morgan fingerprint density at radius 1 is 1.26 bits per heavy atom. The molecule has 5 heteroatoms. The Bertz CT molecular complexity index is 780. The molecule has 1 aliphatic heterocycles. The molecule has 0 N–H and O–H groups in total. The highest BCUT2D eigenvalue weighted by Crippen LogP contribution is 2.26. The fraction of sp³-hybridized carbons (Fsp3) is 0.389. The molecule has 0 saturated heterocycles. The lowest BCUT2D eigenvalue weighted by Gasteiger charge is -2.16. The molecule has 3 rings (SSSR count). The van der Waals surface area contributed by atoms with Crippen LogP contribution in [0.1, 0.15) is 53.8 Å². The summed E-state index contributed by atoms with van der Waals surface area (Å²) in [5, 5.41) is 0. The Labute approximate surface area is 135 Å². The van der Waals surface area contributed by atoms with Gasteiger partial charge < -0.3 is 4.90 Å². The van der Waals surface area contributed by atoms with Crippen molar-refractivity contribution in [3.05, 3.63) is 58.4 Å². The monoisotopic (exact) mass is 313 g/mol. The van der Waals surface area contributed by atoms with Gasteiger partial charge in [-0.05, 0) is 30.7 Å². The van der Waals surface area contributed by atoms with E-state index in [1.165, 1.54) is 12.1 Å². The van der Waals surface area contributed by atoms with Crippen molar-refractivity contribution in [1.82, 2.24) is 14.9 Å². The number of carbonyl (C=O) groups excluding carboxylic acids is 1. The maximum Gasteiger partial charge on any atom is 0.254 e. The van der Waals surface area contributed by atoms with Gasteiger partial charge in [0.2, 0.25) is 0 Å².